The van der Waals surface area contributed by atoms with Crippen LogP contribution in [0.3, 0.4) is 0 Å². The fourth-order valence-electron chi connectivity index (χ4n) is 2.08. The molecule has 8 nitrogen and oxygen atoms in total. The number of ether oxygens (including phenoxy) is 1. The van der Waals surface area contributed by atoms with E-state index in [0.29, 0.717) is 16.4 Å². The molecule has 1 aromatic heterocycles. The van der Waals surface area contributed by atoms with Crippen molar-refractivity contribution in [3.05, 3.63) is 48.0 Å². The molecule has 0 aliphatic rings. The number of rotatable bonds is 4. The number of carbonyl (C=O) groups is 2. The van der Waals surface area contributed by atoms with E-state index in [1.54, 1.807) is 12.1 Å². The number of nitrogens with zero attached hydrogens (tertiary/aromatic N) is 2. The van der Waals surface area contributed by atoms with Crippen molar-refractivity contribution < 1.29 is 19.4 Å². The first kappa shape index (κ1) is 17.4. The van der Waals surface area contributed by atoms with Crippen molar-refractivity contribution in [3.8, 4) is 11.5 Å². The van der Waals surface area contributed by atoms with E-state index in [-0.39, 0.29) is 5.75 Å². The van der Waals surface area contributed by atoms with Crippen molar-refractivity contribution in [1.29, 1.82) is 0 Å². The van der Waals surface area contributed by atoms with Gasteiger partial charge in [0.2, 0.25) is 0 Å². The lowest BCUT2D eigenvalue weighted by Gasteiger charge is -2.03. The number of fused-ring (bicyclic) bond motifs is 1. The summed E-state index contributed by atoms with van der Waals surface area (Å²) in [5, 5.41) is 16.1. The maximum Gasteiger partial charge on any atom is 0.329 e. The van der Waals surface area contributed by atoms with E-state index in [9.17, 15) is 14.7 Å². The summed E-state index contributed by atoms with van der Waals surface area (Å²) in [6.45, 7) is 0. The van der Waals surface area contributed by atoms with Gasteiger partial charge in [-0.1, -0.05) is 23.5 Å². The second-order valence-electron chi connectivity index (χ2n) is 5.07. The summed E-state index contributed by atoms with van der Waals surface area (Å²) in [7, 11) is 1.44. The van der Waals surface area contributed by atoms with Gasteiger partial charge >= 0.3 is 11.8 Å². The molecular formula is C17H14N4O4S. The lowest BCUT2D eigenvalue weighted by Crippen LogP contribution is -2.32. The van der Waals surface area contributed by atoms with Gasteiger partial charge < -0.3 is 9.84 Å². The molecule has 3 N–H and O–H groups in total. The third kappa shape index (κ3) is 3.95. The van der Waals surface area contributed by atoms with E-state index in [2.05, 4.69) is 20.8 Å². The molecule has 3 aromatic rings. The maximum absolute atomic E-state index is 11.9. The predicted octanol–water partition coefficient (Wildman–Crippen LogP) is 2.10. The lowest BCUT2D eigenvalue weighted by atomic mass is 10.2. The molecule has 1 heterocycles. The molecule has 0 fully saturated rings. The minimum absolute atomic E-state index is 0.0589. The Morgan fingerprint density at radius 3 is 2.77 bits per heavy atom. The van der Waals surface area contributed by atoms with E-state index in [1.807, 2.05) is 24.3 Å². The molecule has 3 rings (SSSR count). The fourth-order valence-corrected chi connectivity index (χ4v) is 2.94. The monoisotopic (exact) mass is 370 g/mol. The molecule has 0 radical (unpaired) electrons. The molecule has 132 valence electrons. The average Bonchev–Trinajstić information content (AvgIpc) is 3.04. The van der Waals surface area contributed by atoms with E-state index in [1.165, 1.54) is 30.7 Å². The molecule has 0 aliphatic carbocycles. The van der Waals surface area contributed by atoms with Crippen LogP contribution in [0.5, 0.6) is 11.5 Å². The van der Waals surface area contributed by atoms with Crippen molar-refractivity contribution in [2.45, 2.75) is 0 Å². The molecule has 9 heteroatoms. The Labute approximate surface area is 152 Å². The highest BCUT2D eigenvalue weighted by molar-refractivity contribution is 7.22. The van der Waals surface area contributed by atoms with Crippen molar-refractivity contribution >= 4 is 44.7 Å². The maximum atomic E-state index is 11.9. The predicted molar refractivity (Wildman–Crippen MR) is 98.6 cm³/mol. The van der Waals surface area contributed by atoms with Crippen LogP contribution >= 0.6 is 11.3 Å². The number of thiazole rings is 1. The fraction of sp³-hybridized carbons (Fsp3) is 0.0588. The minimum atomic E-state index is -0.932. The standard InChI is InChI=1S/C17H14N4O4S/c1-25-13-7-6-10(8-12(13)22)9-18-21-16(24)15(23)20-17-19-11-4-2-3-5-14(11)26-17/h2-9,22H,1H3,(H,21,24)(H,19,20,23). The highest BCUT2D eigenvalue weighted by Crippen LogP contribution is 2.26. The van der Waals surface area contributed by atoms with E-state index < -0.39 is 11.8 Å². The van der Waals surface area contributed by atoms with Gasteiger partial charge in [-0.2, -0.15) is 5.10 Å². The molecule has 0 unspecified atom stereocenters. The van der Waals surface area contributed by atoms with Gasteiger partial charge in [-0.15, -0.1) is 0 Å². The first-order valence-electron chi connectivity index (χ1n) is 7.44. The van der Waals surface area contributed by atoms with E-state index >= 15 is 0 Å². The number of hydrazone groups is 1. The number of aromatic hydroxyl groups is 1. The van der Waals surface area contributed by atoms with Crippen LogP contribution in [0.15, 0.2) is 47.6 Å². The van der Waals surface area contributed by atoms with Crippen molar-refractivity contribution in [2.75, 3.05) is 12.4 Å². The van der Waals surface area contributed by atoms with E-state index in [0.717, 1.165) is 10.2 Å². The van der Waals surface area contributed by atoms with Crippen molar-refractivity contribution in [1.82, 2.24) is 10.4 Å². The molecule has 0 saturated heterocycles. The van der Waals surface area contributed by atoms with Gasteiger partial charge in [0.15, 0.2) is 16.6 Å². The molecule has 0 saturated carbocycles. The Balaban J connectivity index is 1.58. The normalized spacial score (nSPS) is 10.8. The van der Waals surface area contributed by atoms with Crippen molar-refractivity contribution in [2.24, 2.45) is 5.10 Å². The third-order valence-electron chi connectivity index (χ3n) is 3.30. The van der Waals surface area contributed by atoms with Crippen LogP contribution < -0.4 is 15.5 Å². The largest absolute Gasteiger partial charge is 0.504 e. The Morgan fingerprint density at radius 1 is 1.23 bits per heavy atom. The smallest absolute Gasteiger partial charge is 0.329 e. The number of amides is 2. The van der Waals surface area contributed by atoms with Gasteiger partial charge in [0.1, 0.15) is 0 Å². The third-order valence-corrected chi connectivity index (χ3v) is 4.26. The molecule has 0 aliphatic heterocycles. The van der Waals surface area contributed by atoms with Crippen LogP contribution in [-0.2, 0) is 9.59 Å². The highest BCUT2D eigenvalue weighted by atomic mass is 32.1. The summed E-state index contributed by atoms with van der Waals surface area (Å²) in [6.07, 6.45) is 1.29. The summed E-state index contributed by atoms with van der Waals surface area (Å²) >= 11 is 1.27. The second kappa shape index (κ2) is 7.62. The highest BCUT2D eigenvalue weighted by Gasteiger charge is 2.15. The number of phenolic OH excluding ortho intramolecular Hbond substituents is 1. The van der Waals surface area contributed by atoms with E-state index in [4.69, 9.17) is 4.74 Å². The van der Waals surface area contributed by atoms with Crippen molar-refractivity contribution in [3.63, 3.8) is 0 Å². The van der Waals surface area contributed by atoms with Gasteiger partial charge in [0.25, 0.3) is 0 Å². The molecule has 0 bridgehead atoms. The number of aromatic nitrogens is 1. The number of hydrogen-bond donors (Lipinski definition) is 3. The summed E-state index contributed by atoms with van der Waals surface area (Å²) in [4.78, 5) is 27.9. The summed E-state index contributed by atoms with van der Waals surface area (Å²) in [5.41, 5.74) is 3.38. The molecule has 26 heavy (non-hydrogen) atoms. The number of nitrogens with one attached hydrogen (secondary N) is 2. The number of phenols is 1. The van der Waals surface area contributed by atoms with Gasteiger partial charge in [0.05, 0.1) is 23.5 Å². The minimum Gasteiger partial charge on any atom is -0.504 e. The molecule has 2 aromatic carbocycles. The lowest BCUT2D eigenvalue weighted by molar-refractivity contribution is -0.136. The SMILES string of the molecule is COc1ccc(C=NNC(=O)C(=O)Nc2nc3ccccc3s2)cc1O. The van der Waals surface area contributed by atoms with Gasteiger partial charge in [-0.3, -0.25) is 14.9 Å². The van der Waals surface area contributed by atoms with Crippen LogP contribution in [0.25, 0.3) is 10.2 Å². The number of benzene rings is 2. The van der Waals surface area contributed by atoms with Crippen LogP contribution in [0.1, 0.15) is 5.56 Å². The summed E-state index contributed by atoms with van der Waals surface area (Å²) < 4.78 is 5.83. The molecule has 0 spiro atoms. The summed E-state index contributed by atoms with van der Waals surface area (Å²) in [6, 6.07) is 12.0. The zero-order valence-corrected chi connectivity index (χ0v) is 14.4. The Kier molecular flexibility index (Phi) is 5.09. The Bertz CT molecular complexity index is 966. The number of anilines is 1. The average molecular weight is 370 g/mol. The van der Waals surface area contributed by atoms with Gasteiger partial charge in [-0.25, -0.2) is 10.4 Å². The first-order valence-corrected chi connectivity index (χ1v) is 8.25. The van der Waals surface area contributed by atoms with Gasteiger partial charge in [0, 0.05) is 0 Å². The zero-order valence-electron chi connectivity index (χ0n) is 13.6. The zero-order chi connectivity index (χ0) is 18.5. The first-order chi connectivity index (χ1) is 12.6. The summed E-state index contributed by atoms with van der Waals surface area (Å²) in [5.74, 6) is -1.55. The Morgan fingerprint density at radius 2 is 2.04 bits per heavy atom. The topological polar surface area (TPSA) is 113 Å². The number of methoxy groups -OCH3 is 1. The van der Waals surface area contributed by atoms with Crippen LogP contribution in [0.2, 0.25) is 0 Å². The molecular weight excluding hydrogens is 356 g/mol. The second-order valence-corrected chi connectivity index (χ2v) is 6.10. The quantitative estimate of drug-likeness (QED) is 0.370. The molecule has 2 amide bonds. The van der Waals surface area contributed by atoms with Gasteiger partial charge in [-0.05, 0) is 35.9 Å². The number of hydrogen-bond acceptors (Lipinski definition) is 7. The number of carbonyl (C=O) groups excluding carboxylic acids is 2. The van der Waals surface area contributed by atoms with Crippen LogP contribution in [0.4, 0.5) is 5.13 Å². The Hall–Kier alpha value is -3.46. The van der Waals surface area contributed by atoms with Crippen LogP contribution in [-0.4, -0.2) is 35.2 Å². The number of para-hydroxylation sites is 1. The molecule has 0 atom stereocenters. The van der Waals surface area contributed by atoms with Crippen LogP contribution in [0, 0.1) is 0 Å².